The Kier molecular flexibility index (Phi) is 4.73. The Morgan fingerprint density at radius 2 is 2.12 bits per heavy atom. The van der Waals surface area contributed by atoms with E-state index in [0.717, 1.165) is 5.92 Å². The Bertz CT molecular complexity index is 316. The average molecular weight is 235 g/mol. The molecule has 0 bridgehead atoms. The molecule has 1 saturated heterocycles. The zero-order chi connectivity index (χ0) is 11.2. The van der Waals surface area contributed by atoms with Crippen LogP contribution in [0.15, 0.2) is 29.2 Å². The molecule has 2 heteroatoms. The van der Waals surface area contributed by atoms with E-state index in [1.807, 2.05) is 11.8 Å². The third-order valence-electron chi connectivity index (χ3n) is 3.26. The molecule has 0 saturated carbocycles. The summed E-state index contributed by atoms with van der Waals surface area (Å²) in [7, 11) is 0. The molecular weight excluding hydrogens is 214 g/mol. The molecule has 1 heterocycles. The van der Waals surface area contributed by atoms with Gasteiger partial charge in [0.15, 0.2) is 0 Å². The summed E-state index contributed by atoms with van der Waals surface area (Å²) >= 11 is 2.04. The van der Waals surface area contributed by atoms with E-state index in [1.165, 1.54) is 48.6 Å². The van der Waals surface area contributed by atoms with Gasteiger partial charge in [0.05, 0.1) is 0 Å². The zero-order valence-corrected chi connectivity index (χ0v) is 10.9. The van der Waals surface area contributed by atoms with Gasteiger partial charge in [-0.25, -0.2) is 0 Å². The molecule has 0 aliphatic carbocycles. The number of benzene rings is 1. The van der Waals surface area contributed by atoms with Crippen LogP contribution in [0.3, 0.4) is 0 Å². The minimum atomic E-state index is 0.902. The van der Waals surface area contributed by atoms with E-state index in [0.29, 0.717) is 0 Å². The van der Waals surface area contributed by atoms with Gasteiger partial charge in [-0.3, -0.25) is 0 Å². The Hall–Kier alpha value is -0.470. The van der Waals surface area contributed by atoms with E-state index in [-0.39, 0.29) is 0 Å². The average Bonchev–Trinajstić information content (AvgIpc) is 2.56. The molecule has 1 atom stereocenters. The molecule has 1 aromatic rings. The van der Waals surface area contributed by atoms with Gasteiger partial charge in [0.2, 0.25) is 0 Å². The van der Waals surface area contributed by atoms with Gasteiger partial charge in [-0.1, -0.05) is 18.2 Å². The summed E-state index contributed by atoms with van der Waals surface area (Å²) in [6.45, 7) is 4.63. The van der Waals surface area contributed by atoms with Crippen molar-refractivity contribution in [2.24, 2.45) is 5.92 Å². The predicted molar refractivity (Wildman–Crippen MR) is 72.1 cm³/mol. The smallest absolute Gasteiger partial charge is 0.0101 e. The fraction of sp³-hybridized carbons (Fsp3) is 0.571. The summed E-state index contributed by atoms with van der Waals surface area (Å²) < 4.78 is 0. The van der Waals surface area contributed by atoms with Crippen LogP contribution in [0.5, 0.6) is 0 Å². The van der Waals surface area contributed by atoms with Crippen LogP contribution in [0.25, 0.3) is 0 Å². The first kappa shape index (κ1) is 12.0. The Balaban J connectivity index is 1.84. The van der Waals surface area contributed by atoms with Crippen molar-refractivity contribution in [3.63, 3.8) is 0 Å². The van der Waals surface area contributed by atoms with E-state index in [9.17, 15) is 0 Å². The number of aryl methyl sites for hydroxylation is 1. The highest BCUT2D eigenvalue weighted by atomic mass is 32.2. The fourth-order valence-corrected chi connectivity index (χ4v) is 3.40. The Morgan fingerprint density at radius 1 is 1.25 bits per heavy atom. The predicted octanol–water partition coefficient (Wildman–Crippen LogP) is 3.48. The lowest BCUT2D eigenvalue weighted by atomic mass is 10.0. The first-order chi connectivity index (χ1) is 7.86. The minimum Gasteiger partial charge on any atom is -0.317 e. The number of thioether (sulfide) groups is 1. The first-order valence-electron chi connectivity index (χ1n) is 6.25. The van der Waals surface area contributed by atoms with Crippen LogP contribution in [-0.2, 0) is 0 Å². The number of hydrogen-bond acceptors (Lipinski definition) is 2. The largest absolute Gasteiger partial charge is 0.317 e. The van der Waals surface area contributed by atoms with Crippen molar-refractivity contribution in [1.29, 1.82) is 0 Å². The molecule has 16 heavy (non-hydrogen) atoms. The lowest BCUT2D eigenvalue weighted by Crippen LogP contribution is -2.14. The molecule has 1 aliphatic heterocycles. The Labute approximate surface area is 103 Å². The van der Waals surface area contributed by atoms with Crippen molar-refractivity contribution in [2.75, 3.05) is 18.8 Å². The molecular formula is C14H21NS. The summed E-state index contributed by atoms with van der Waals surface area (Å²) in [5, 5.41) is 3.48. The van der Waals surface area contributed by atoms with Crippen molar-refractivity contribution in [1.82, 2.24) is 5.32 Å². The number of hydrogen-bond donors (Lipinski definition) is 1. The highest BCUT2D eigenvalue weighted by molar-refractivity contribution is 7.99. The molecule has 1 unspecified atom stereocenters. The summed E-state index contributed by atoms with van der Waals surface area (Å²) in [5.41, 5.74) is 1.42. The normalized spacial score (nSPS) is 21.7. The summed E-state index contributed by atoms with van der Waals surface area (Å²) in [4.78, 5) is 1.46. The van der Waals surface area contributed by atoms with Crippen molar-refractivity contribution < 1.29 is 0 Å². The number of nitrogens with one attached hydrogen (secondary N) is 1. The molecule has 0 spiro atoms. The minimum absolute atomic E-state index is 0.902. The van der Waals surface area contributed by atoms with Gasteiger partial charge in [-0.2, -0.15) is 0 Å². The van der Waals surface area contributed by atoms with Gasteiger partial charge in [0.1, 0.15) is 0 Å². The van der Waals surface area contributed by atoms with Crippen molar-refractivity contribution in [2.45, 2.75) is 31.1 Å². The molecule has 1 aromatic carbocycles. The quantitative estimate of drug-likeness (QED) is 0.805. The van der Waals surface area contributed by atoms with Crippen LogP contribution in [0.1, 0.15) is 24.8 Å². The van der Waals surface area contributed by atoms with Gasteiger partial charge in [0.25, 0.3) is 0 Å². The SMILES string of the molecule is Cc1ccccc1SCC1CCCNCC1. The van der Waals surface area contributed by atoms with Crippen LogP contribution in [-0.4, -0.2) is 18.8 Å². The van der Waals surface area contributed by atoms with Crippen molar-refractivity contribution in [3.05, 3.63) is 29.8 Å². The third-order valence-corrected chi connectivity index (χ3v) is 4.67. The van der Waals surface area contributed by atoms with Gasteiger partial charge in [0, 0.05) is 10.6 Å². The van der Waals surface area contributed by atoms with E-state index >= 15 is 0 Å². The molecule has 2 rings (SSSR count). The van der Waals surface area contributed by atoms with Crippen LogP contribution < -0.4 is 5.32 Å². The summed E-state index contributed by atoms with van der Waals surface area (Å²) in [6.07, 6.45) is 4.09. The highest BCUT2D eigenvalue weighted by Crippen LogP contribution is 2.27. The van der Waals surface area contributed by atoms with Crippen LogP contribution in [0.4, 0.5) is 0 Å². The van der Waals surface area contributed by atoms with Gasteiger partial charge in [-0.15, -0.1) is 11.8 Å². The molecule has 0 radical (unpaired) electrons. The molecule has 1 fully saturated rings. The second-order valence-electron chi connectivity index (χ2n) is 4.62. The van der Waals surface area contributed by atoms with Gasteiger partial charge in [-0.05, 0) is 56.8 Å². The van der Waals surface area contributed by atoms with E-state index in [2.05, 4.69) is 36.5 Å². The zero-order valence-electron chi connectivity index (χ0n) is 10.0. The Morgan fingerprint density at radius 3 is 3.00 bits per heavy atom. The van der Waals surface area contributed by atoms with E-state index in [4.69, 9.17) is 0 Å². The molecule has 0 aromatic heterocycles. The van der Waals surface area contributed by atoms with Crippen LogP contribution in [0.2, 0.25) is 0 Å². The lowest BCUT2D eigenvalue weighted by molar-refractivity contribution is 0.528. The molecule has 88 valence electrons. The summed E-state index contributed by atoms with van der Waals surface area (Å²) in [6, 6.07) is 8.71. The monoisotopic (exact) mass is 235 g/mol. The first-order valence-corrected chi connectivity index (χ1v) is 7.24. The van der Waals surface area contributed by atoms with Gasteiger partial charge < -0.3 is 5.32 Å². The molecule has 0 amide bonds. The van der Waals surface area contributed by atoms with Crippen molar-refractivity contribution >= 4 is 11.8 Å². The van der Waals surface area contributed by atoms with Crippen molar-refractivity contribution in [3.8, 4) is 0 Å². The highest BCUT2D eigenvalue weighted by Gasteiger charge is 2.12. The van der Waals surface area contributed by atoms with Gasteiger partial charge >= 0.3 is 0 Å². The van der Waals surface area contributed by atoms with E-state index in [1.54, 1.807) is 0 Å². The van der Waals surface area contributed by atoms with Crippen LogP contribution in [0, 0.1) is 12.8 Å². The number of rotatable bonds is 3. The van der Waals surface area contributed by atoms with Crippen LogP contribution >= 0.6 is 11.8 Å². The second kappa shape index (κ2) is 6.31. The van der Waals surface area contributed by atoms with E-state index < -0.39 is 0 Å². The lowest BCUT2D eigenvalue weighted by Gasteiger charge is -2.13. The molecule has 1 aliphatic rings. The maximum atomic E-state index is 3.48. The maximum Gasteiger partial charge on any atom is 0.0101 e. The summed E-state index contributed by atoms with van der Waals surface area (Å²) in [5.74, 6) is 2.19. The molecule has 1 nitrogen and oxygen atoms in total. The maximum absolute atomic E-state index is 3.48. The fourth-order valence-electron chi connectivity index (χ4n) is 2.18. The third kappa shape index (κ3) is 3.53. The topological polar surface area (TPSA) is 12.0 Å². The molecule has 1 N–H and O–H groups in total. The standard InChI is InChI=1S/C14H21NS/c1-12-5-2-3-7-14(12)16-11-13-6-4-9-15-10-8-13/h2-3,5,7,13,15H,4,6,8-11H2,1H3. The second-order valence-corrected chi connectivity index (χ2v) is 5.69.